The van der Waals surface area contributed by atoms with Gasteiger partial charge < -0.3 is 10.2 Å². The average molecular weight is 338 g/mol. The fraction of sp³-hybridized carbons (Fsp3) is 0.538. The highest BCUT2D eigenvalue weighted by atomic mass is 32.2. The molecule has 9 heteroatoms. The fourth-order valence-corrected chi connectivity index (χ4v) is 3.40. The first-order valence-corrected chi connectivity index (χ1v) is 8.12. The number of hydrogen-bond donors (Lipinski definition) is 1. The van der Waals surface area contributed by atoms with Crippen molar-refractivity contribution in [2.24, 2.45) is 0 Å². The minimum absolute atomic E-state index is 0.223. The number of anilines is 1. The number of benzene rings is 1. The van der Waals surface area contributed by atoms with Gasteiger partial charge in [-0.3, -0.25) is 4.18 Å². The molecule has 1 N–H and O–H groups in total. The van der Waals surface area contributed by atoms with Crippen LogP contribution in [0.2, 0.25) is 0 Å². The second-order valence-electron chi connectivity index (χ2n) is 5.04. The lowest BCUT2D eigenvalue weighted by Crippen LogP contribution is -2.44. The van der Waals surface area contributed by atoms with Crippen molar-refractivity contribution < 1.29 is 25.8 Å². The lowest BCUT2D eigenvalue weighted by Gasteiger charge is -2.31. The molecule has 124 valence electrons. The summed E-state index contributed by atoms with van der Waals surface area (Å²) in [5.41, 5.74) is 1.00. The van der Waals surface area contributed by atoms with E-state index in [0.29, 0.717) is 37.4 Å². The maximum atomic E-state index is 12.2. The van der Waals surface area contributed by atoms with Gasteiger partial charge in [0.05, 0.1) is 5.69 Å². The molecule has 0 bridgehead atoms. The Kier molecular flexibility index (Phi) is 4.98. The van der Waals surface area contributed by atoms with Crippen molar-refractivity contribution in [1.82, 2.24) is 5.32 Å². The number of nitrogens with one attached hydrogen (secondary N) is 1. The van der Waals surface area contributed by atoms with E-state index >= 15 is 0 Å². The normalized spacial score (nSPS) is 16.8. The first kappa shape index (κ1) is 17.0. The zero-order valence-electron chi connectivity index (χ0n) is 12.0. The molecule has 2 rings (SSSR count). The molecule has 1 heterocycles. The van der Waals surface area contributed by atoms with Crippen molar-refractivity contribution in [2.75, 3.05) is 37.7 Å². The summed E-state index contributed by atoms with van der Waals surface area (Å²) in [7, 11) is -4.48. The topological polar surface area (TPSA) is 58.6 Å². The Hall–Kier alpha value is -1.32. The van der Waals surface area contributed by atoms with Crippen molar-refractivity contribution in [3.8, 4) is 0 Å². The third-order valence-electron chi connectivity index (χ3n) is 3.22. The summed E-state index contributed by atoms with van der Waals surface area (Å²) >= 11 is 0. The number of alkyl halides is 3. The van der Waals surface area contributed by atoms with Gasteiger partial charge in [-0.15, -0.1) is 0 Å². The summed E-state index contributed by atoms with van der Waals surface area (Å²) in [6, 6.07) is 4.66. The molecule has 1 aliphatic heterocycles. The molecule has 1 saturated heterocycles. The third-order valence-corrected chi connectivity index (χ3v) is 4.51. The van der Waals surface area contributed by atoms with Crippen LogP contribution in [-0.2, 0) is 14.3 Å². The van der Waals surface area contributed by atoms with Crippen LogP contribution >= 0.6 is 0 Å². The Morgan fingerprint density at radius 2 is 1.91 bits per heavy atom. The summed E-state index contributed by atoms with van der Waals surface area (Å²) in [5, 5.41) is 3.13. The van der Waals surface area contributed by atoms with E-state index in [1.54, 1.807) is 19.1 Å². The monoisotopic (exact) mass is 338 g/mol. The van der Waals surface area contributed by atoms with Crippen LogP contribution in [-0.4, -0.2) is 47.4 Å². The summed E-state index contributed by atoms with van der Waals surface area (Å²) in [5.74, 6) is 0. The van der Waals surface area contributed by atoms with Crippen LogP contribution in [0, 0.1) is 6.92 Å². The average Bonchev–Trinajstić information content (AvgIpc) is 2.45. The zero-order chi connectivity index (χ0) is 16.4. The molecule has 1 aromatic rings. The van der Waals surface area contributed by atoms with E-state index in [0.717, 1.165) is 0 Å². The smallest absolute Gasteiger partial charge is 0.368 e. The van der Waals surface area contributed by atoms with Gasteiger partial charge in [-0.25, -0.2) is 0 Å². The highest BCUT2D eigenvalue weighted by molar-refractivity contribution is 7.87. The number of hydrogen-bond acceptors (Lipinski definition) is 5. The van der Waals surface area contributed by atoms with E-state index in [4.69, 9.17) is 0 Å². The van der Waals surface area contributed by atoms with Crippen molar-refractivity contribution in [2.45, 2.75) is 18.0 Å². The van der Waals surface area contributed by atoms with Crippen LogP contribution in [0.4, 0.5) is 18.9 Å². The molecular formula is C13H17F3N2O3S. The first-order chi connectivity index (χ1) is 10.2. The molecule has 22 heavy (non-hydrogen) atoms. The van der Waals surface area contributed by atoms with Gasteiger partial charge in [-0.2, -0.15) is 21.6 Å². The first-order valence-electron chi connectivity index (χ1n) is 6.71. The van der Waals surface area contributed by atoms with Crippen LogP contribution in [0.3, 0.4) is 0 Å². The summed E-state index contributed by atoms with van der Waals surface area (Å²) < 4.78 is 65.1. The molecule has 0 atom stereocenters. The summed E-state index contributed by atoms with van der Waals surface area (Å²) in [6.45, 7) is 2.35. The molecule has 0 saturated carbocycles. The van der Waals surface area contributed by atoms with Gasteiger partial charge >= 0.3 is 6.18 Å². The molecule has 1 aromatic carbocycles. The highest BCUT2D eigenvalue weighted by Gasteiger charge is 2.33. The third kappa shape index (κ3) is 4.34. The largest absolute Gasteiger partial charge is 0.413 e. The Balaban J connectivity index is 2.33. The number of halogens is 3. The molecule has 1 aliphatic rings. The molecule has 1 fully saturated rings. The Morgan fingerprint density at radius 3 is 2.50 bits per heavy atom. The van der Waals surface area contributed by atoms with Gasteiger partial charge in [0, 0.05) is 26.2 Å². The second-order valence-corrected chi connectivity index (χ2v) is 6.62. The van der Waals surface area contributed by atoms with E-state index in [-0.39, 0.29) is 4.90 Å². The number of aryl methyl sites for hydroxylation is 1. The molecular weight excluding hydrogens is 321 g/mol. The number of nitrogens with zero attached hydrogens (tertiary/aromatic N) is 1. The van der Waals surface area contributed by atoms with Gasteiger partial charge in [0.25, 0.3) is 10.1 Å². The highest BCUT2D eigenvalue weighted by Crippen LogP contribution is 2.29. The number of piperazine rings is 1. The minimum Gasteiger partial charge on any atom is -0.368 e. The van der Waals surface area contributed by atoms with E-state index in [2.05, 4.69) is 9.50 Å². The van der Waals surface area contributed by atoms with E-state index in [1.807, 2.05) is 4.90 Å². The molecule has 0 amide bonds. The molecule has 5 nitrogen and oxygen atoms in total. The predicted octanol–water partition coefficient (Wildman–Crippen LogP) is 1.67. The zero-order valence-corrected chi connectivity index (χ0v) is 12.8. The van der Waals surface area contributed by atoms with E-state index in [1.165, 1.54) is 6.07 Å². The molecule has 0 unspecified atom stereocenters. The Bertz CT molecular complexity index is 626. The van der Waals surface area contributed by atoms with Crippen LogP contribution in [0.25, 0.3) is 0 Å². The Morgan fingerprint density at radius 1 is 1.27 bits per heavy atom. The summed E-state index contributed by atoms with van der Waals surface area (Å²) in [6.07, 6.45) is -4.70. The standard InChI is InChI=1S/C13H17F3N2O3S/c1-10-2-3-11(18-6-4-17-5-7-18)12(8-10)22(19,20)21-9-13(14,15)16/h2-3,8,17H,4-7,9H2,1H3. The van der Waals surface area contributed by atoms with Gasteiger partial charge in [0.2, 0.25) is 0 Å². The lowest BCUT2D eigenvalue weighted by molar-refractivity contribution is -0.152. The van der Waals surface area contributed by atoms with Crippen molar-refractivity contribution >= 4 is 15.8 Å². The van der Waals surface area contributed by atoms with E-state index in [9.17, 15) is 21.6 Å². The quantitative estimate of drug-likeness (QED) is 0.847. The molecule has 0 aromatic heterocycles. The fourth-order valence-electron chi connectivity index (χ4n) is 2.20. The van der Waals surface area contributed by atoms with Crippen molar-refractivity contribution in [1.29, 1.82) is 0 Å². The lowest BCUT2D eigenvalue weighted by atomic mass is 10.2. The van der Waals surface area contributed by atoms with Crippen LogP contribution in [0.5, 0.6) is 0 Å². The Labute approximate surface area is 127 Å². The molecule has 0 radical (unpaired) electrons. The van der Waals surface area contributed by atoms with Gasteiger partial charge in [0.1, 0.15) is 4.90 Å². The SMILES string of the molecule is Cc1ccc(N2CCNCC2)c(S(=O)(=O)OCC(F)(F)F)c1. The van der Waals surface area contributed by atoms with Crippen LogP contribution in [0.1, 0.15) is 5.56 Å². The minimum atomic E-state index is -4.70. The van der Waals surface area contributed by atoms with Crippen LogP contribution in [0.15, 0.2) is 23.1 Å². The van der Waals surface area contributed by atoms with Crippen molar-refractivity contribution in [3.63, 3.8) is 0 Å². The molecule has 0 spiro atoms. The van der Waals surface area contributed by atoms with Crippen molar-refractivity contribution in [3.05, 3.63) is 23.8 Å². The van der Waals surface area contributed by atoms with Crippen LogP contribution < -0.4 is 10.2 Å². The van der Waals surface area contributed by atoms with E-state index < -0.39 is 22.9 Å². The predicted molar refractivity (Wildman–Crippen MR) is 75.5 cm³/mol. The van der Waals surface area contributed by atoms with Gasteiger partial charge in [-0.05, 0) is 24.6 Å². The maximum absolute atomic E-state index is 12.2. The van der Waals surface area contributed by atoms with Gasteiger partial charge in [-0.1, -0.05) is 6.07 Å². The summed E-state index contributed by atoms with van der Waals surface area (Å²) in [4.78, 5) is 1.60. The maximum Gasteiger partial charge on any atom is 0.413 e. The second kappa shape index (κ2) is 6.43. The molecule has 0 aliphatic carbocycles. The van der Waals surface area contributed by atoms with Gasteiger partial charge in [0.15, 0.2) is 6.61 Å². The number of rotatable bonds is 4.